The van der Waals surface area contributed by atoms with E-state index in [1.54, 1.807) is 79.7 Å². The highest BCUT2D eigenvalue weighted by molar-refractivity contribution is 7.89. The Balaban J connectivity index is 1.60. The van der Waals surface area contributed by atoms with E-state index < -0.39 is 57.4 Å². The molecule has 0 radical (unpaired) electrons. The predicted molar refractivity (Wildman–Crippen MR) is 218 cm³/mol. The molecule has 4 aromatic carbocycles. The highest BCUT2D eigenvalue weighted by Crippen LogP contribution is 2.33. The quantitative estimate of drug-likeness (QED) is 0.0192. The maximum Gasteiger partial charge on any atom is 0.307 e. The van der Waals surface area contributed by atoms with Crippen LogP contribution in [0.3, 0.4) is 0 Å². The molecule has 14 heteroatoms. The zero-order chi connectivity index (χ0) is 41.2. The van der Waals surface area contributed by atoms with Gasteiger partial charge in [0, 0.05) is 24.3 Å². The van der Waals surface area contributed by atoms with Crippen molar-refractivity contribution in [2.75, 3.05) is 18.0 Å². The highest BCUT2D eigenvalue weighted by atomic mass is 32.2. The van der Waals surface area contributed by atoms with Crippen LogP contribution in [-0.2, 0) is 35.8 Å². The normalized spacial score (nSPS) is 16.1. The van der Waals surface area contributed by atoms with E-state index in [-0.39, 0.29) is 61.0 Å². The SMILES string of the molecule is Cc1ccc(S(=O)(=O)NC(CCCNC(=N)N)C(=O)C(N)(C(=O)c2ccccc2)C2=CC(CC(=O)OCc3ccccc3)C(=O)N(c3ccccc3)CC2)c(C)c1. The molecule has 298 valence electrons. The molecule has 13 nitrogen and oxygen atoms in total. The number of anilines is 1. The molecular weight excluding hydrogens is 745 g/mol. The lowest BCUT2D eigenvalue weighted by atomic mass is 9.74. The van der Waals surface area contributed by atoms with Crippen molar-refractivity contribution in [3.8, 4) is 0 Å². The summed E-state index contributed by atoms with van der Waals surface area (Å²) in [6.07, 6.45) is 0.917. The van der Waals surface area contributed by atoms with Crippen LogP contribution in [0.25, 0.3) is 0 Å². The van der Waals surface area contributed by atoms with Gasteiger partial charge in [-0.2, -0.15) is 0 Å². The molecule has 5 rings (SSSR count). The first-order valence-electron chi connectivity index (χ1n) is 18.6. The number of hydrogen-bond acceptors (Lipinski definition) is 9. The Labute approximate surface area is 333 Å². The highest BCUT2D eigenvalue weighted by Gasteiger charge is 2.50. The topological polar surface area (TPSA) is 215 Å². The summed E-state index contributed by atoms with van der Waals surface area (Å²) < 4.78 is 36.1. The van der Waals surface area contributed by atoms with Crippen LogP contribution in [0, 0.1) is 25.2 Å². The summed E-state index contributed by atoms with van der Waals surface area (Å²) in [5.41, 5.74) is 12.8. The predicted octanol–water partition coefficient (Wildman–Crippen LogP) is 4.48. The molecule has 3 unspecified atom stereocenters. The molecule has 1 heterocycles. The number of para-hydroxylation sites is 1. The van der Waals surface area contributed by atoms with Crippen molar-refractivity contribution in [3.05, 3.63) is 143 Å². The minimum Gasteiger partial charge on any atom is -0.461 e. The fourth-order valence-corrected chi connectivity index (χ4v) is 8.34. The van der Waals surface area contributed by atoms with Crippen LogP contribution in [0.1, 0.15) is 52.7 Å². The minimum atomic E-state index is -4.37. The molecule has 0 saturated heterocycles. The van der Waals surface area contributed by atoms with Crippen LogP contribution < -0.4 is 26.4 Å². The van der Waals surface area contributed by atoms with Gasteiger partial charge in [0.2, 0.25) is 15.9 Å². The molecule has 1 amide bonds. The number of rotatable bonds is 17. The van der Waals surface area contributed by atoms with E-state index in [2.05, 4.69) is 10.0 Å². The lowest BCUT2D eigenvalue weighted by Crippen LogP contribution is -2.63. The summed E-state index contributed by atoms with van der Waals surface area (Å²) in [4.78, 5) is 59.1. The molecule has 57 heavy (non-hydrogen) atoms. The van der Waals surface area contributed by atoms with Gasteiger partial charge in [-0.1, -0.05) is 103 Å². The Morgan fingerprint density at radius 3 is 2.21 bits per heavy atom. The number of carbonyl (C=O) groups excluding carboxylic acids is 4. The van der Waals surface area contributed by atoms with Gasteiger partial charge < -0.3 is 26.4 Å². The van der Waals surface area contributed by atoms with Gasteiger partial charge in [-0.05, 0) is 68.0 Å². The van der Waals surface area contributed by atoms with Crippen LogP contribution >= 0.6 is 0 Å². The second-order valence-electron chi connectivity index (χ2n) is 14.0. The van der Waals surface area contributed by atoms with Crippen molar-refractivity contribution in [2.45, 2.75) is 62.6 Å². The molecule has 0 fully saturated rings. The van der Waals surface area contributed by atoms with Gasteiger partial charge in [-0.15, -0.1) is 0 Å². The van der Waals surface area contributed by atoms with Crippen molar-refractivity contribution in [3.63, 3.8) is 0 Å². The number of guanidine groups is 1. The summed E-state index contributed by atoms with van der Waals surface area (Å²) >= 11 is 0. The van der Waals surface area contributed by atoms with E-state index in [0.717, 1.165) is 11.1 Å². The van der Waals surface area contributed by atoms with Gasteiger partial charge >= 0.3 is 5.97 Å². The van der Waals surface area contributed by atoms with Gasteiger partial charge in [0.05, 0.1) is 23.3 Å². The monoisotopic (exact) mass is 792 g/mol. The van der Waals surface area contributed by atoms with E-state index in [1.807, 2.05) is 25.1 Å². The third-order valence-corrected chi connectivity index (χ3v) is 11.4. The summed E-state index contributed by atoms with van der Waals surface area (Å²) in [6.45, 7) is 3.53. The molecular formula is C43H48N6O7S. The standard InChI is InChI=1S/C43H48N6O7S/c1-29-20-21-37(30(2)25-29)57(54,55)48-36(19-12-23-47-42(44)45)40(52)43(46,39(51)32-15-8-4-9-16-32)34-22-24-49(35-17-10-5-11-18-35)41(53)33(26-34)27-38(50)56-28-31-13-6-3-7-14-31/h3-11,13-18,20-21,25-26,33,36,48H,12,19,22-24,27-28,46H2,1-2H3,(H4,44,45,47). The van der Waals surface area contributed by atoms with Crippen molar-refractivity contribution in [1.82, 2.24) is 10.0 Å². The summed E-state index contributed by atoms with van der Waals surface area (Å²) in [5.74, 6) is -4.46. The molecule has 3 atom stereocenters. The molecule has 7 N–H and O–H groups in total. The second-order valence-corrected chi connectivity index (χ2v) is 15.7. The number of hydrogen-bond donors (Lipinski definition) is 5. The number of benzene rings is 4. The maximum absolute atomic E-state index is 15.2. The third kappa shape index (κ3) is 10.5. The number of sulfonamides is 1. The number of ketones is 2. The Hall–Kier alpha value is -5.96. The zero-order valence-corrected chi connectivity index (χ0v) is 32.8. The van der Waals surface area contributed by atoms with Crippen LogP contribution in [0.5, 0.6) is 0 Å². The van der Waals surface area contributed by atoms with E-state index in [4.69, 9.17) is 21.6 Å². The number of nitrogens with zero attached hydrogens (tertiary/aromatic N) is 1. The molecule has 0 saturated carbocycles. The summed E-state index contributed by atoms with van der Waals surface area (Å²) in [6, 6.07) is 28.9. The zero-order valence-electron chi connectivity index (χ0n) is 31.9. The number of Topliss-reactive ketones (excluding diaryl/α,β-unsaturated/α-hetero) is 2. The molecule has 4 aromatic rings. The Morgan fingerprint density at radius 2 is 1.58 bits per heavy atom. The molecule has 1 aliphatic rings. The maximum atomic E-state index is 15.2. The average Bonchev–Trinajstić information content (AvgIpc) is 3.36. The Morgan fingerprint density at radius 1 is 0.947 bits per heavy atom. The van der Waals surface area contributed by atoms with Crippen molar-refractivity contribution in [1.29, 1.82) is 5.41 Å². The van der Waals surface area contributed by atoms with Crippen LogP contribution in [-0.4, -0.2) is 62.5 Å². The van der Waals surface area contributed by atoms with Gasteiger partial charge in [-0.3, -0.25) is 24.6 Å². The van der Waals surface area contributed by atoms with E-state index in [9.17, 15) is 22.8 Å². The number of carbonyl (C=O) groups is 4. The van der Waals surface area contributed by atoms with Crippen molar-refractivity contribution < 1.29 is 32.3 Å². The van der Waals surface area contributed by atoms with Crippen LogP contribution in [0.15, 0.2) is 126 Å². The number of nitrogens with one attached hydrogen (secondary N) is 3. The first kappa shape index (κ1) is 42.2. The van der Waals surface area contributed by atoms with E-state index in [0.29, 0.717) is 11.3 Å². The number of aryl methyl sites for hydroxylation is 2. The average molecular weight is 793 g/mol. The molecule has 0 bridgehead atoms. The number of nitrogens with two attached hydrogens (primary N) is 2. The van der Waals surface area contributed by atoms with Crippen LogP contribution in [0.2, 0.25) is 0 Å². The van der Waals surface area contributed by atoms with Gasteiger partial charge in [-0.25, -0.2) is 13.1 Å². The lowest BCUT2D eigenvalue weighted by molar-refractivity contribution is -0.147. The number of esters is 1. The number of amides is 1. The van der Waals surface area contributed by atoms with Gasteiger partial charge in [0.15, 0.2) is 23.1 Å². The van der Waals surface area contributed by atoms with E-state index in [1.165, 1.54) is 29.2 Å². The Kier molecular flexibility index (Phi) is 13.9. The smallest absolute Gasteiger partial charge is 0.307 e. The van der Waals surface area contributed by atoms with Crippen LogP contribution in [0.4, 0.5) is 5.69 Å². The van der Waals surface area contributed by atoms with E-state index >= 15 is 4.79 Å². The summed E-state index contributed by atoms with van der Waals surface area (Å²) in [7, 11) is -4.37. The van der Waals surface area contributed by atoms with Gasteiger partial charge in [0.25, 0.3) is 0 Å². The number of ether oxygens (including phenoxy) is 1. The largest absolute Gasteiger partial charge is 0.461 e. The minimum absolute atomic E-state index is 0.0139. The van der Waals surface area contributed by atoms with Crippen molar-refractivity contribution >= 4 is 45.1 Å². The molecule has 0 spiro atoms. The third-order valence-electron chi connectivity index (χ3n) is 9.80. The molecule has 1 aliphatic heterocycles. The first-order chi connectivity index (χ1) is 27.2. The Bertz CT molecular complexity index is 2230. The fourth-order valence-electron chi connectivity index (χ4n) is 6.89. The lowest BCUT2D eigenvalue weighted by Gasteiger charge is -2.33. The molecule has 0 aromatic heterocycles. The van der Waals surface area contributed by atoms with Crippen molar-refractivity contribution in [2.24, 2.45) is 17.4 Å². The molecule has 0 aliphatic carbocycles. The summed E-state index contributed by atoms with van der Waals surface area (Å²) in [5, 5.41) is 10.2. The van der Waals surface area contributed by atoms with Gasteiger partial charge in [0.1, 0.15) is 6.61 Å². The fraction of sp³-hybridized carbons (Fsp3) is 0.279. The second kappa shape index (κ2) is 18.8. The first-order valence-corrected chi connectivity index (χ1v) is 20.1.